The summed E-state index contributed by atoms with van der Waals surface area (Å²) >= 11 is 0.287. The second kappa shape index (κ2) is 9.53. The van der Waals surface area contributed by atoms with Gasteiger partial charge >= 0.3 is 5.76 Å². The highest BCUT2D eigenvalue weighted by atomic mass is 32.2. The molecule has 0 amide bonds. The molecule has 1 aliphatic carbocycles. The van der Waals surface area contributed by atoms with Crippen molar-refractivity contribution in [1.29, 1.82) is 5.41 Å². The summed E-state index contributed by atoms with van der Waals surface area (Å²) < 4.78 is 56.1. The second-order valence-corrected chi connectivity index (χ2v) is 8.75. The standard InChI is InChI=1S/C22H23F4N7S/c1-29-19-16(13-9-31-33(11-13)15-6-7-22(25,26)8-15)10-30-20(28)17(19)18(27)12-2-4-14(5-3-12)32-34-21(23)24/h2-5,9-11,15,21,27,32H,6-8H2,1H3,(H3,28,29,30). The van der Waals surface area contributed by atoms with Gasteiger partial charge < -0.3 is 15.8 Å². The molecule has 1 atom stereocenters. The van der Waals surface area contributed by atoms with Crippen molar-refractivity contribution in [1.82, 2.24) is 14.8 Å². The number of rotatable bonds is 8. The van der Waals surface area contributed by atoms with Gasteiger partial charge in [0.1, 0.15) is 5.82 Å². The van der Waals surface area contributed by atoms with E-state index in [-0.39, 0.29) is 42.4 Å². The van der Waals surface area contributed by atoms with Gasteiger partial charge in [-0.1, -0.05) is 12.1 Å². The molecule has 1 aliphatic rings. The molecule has 0 aliphatic heterocycles. The van der Waals surface area contributed by atoms with Gasteiger partial charge in [-0.15, -0.1) is 0 Å². The maximum absolute atomic E-state index is 13.6. The van der Waals surface area contributed by atoms with E-state index in [0.717, 1.165) is 0 Å². The quantitative estimate of drug-likeness (QED) is 0.184. The Bertz CT molecular complexity index is 1180. The van der Waals surface area contributed by atoms with E-state index in [1.165, 1.54) is 0 Å². The van der Waals surface area contributed by atoms with Crippen LogP contribution < -0.4 is 15.8 Å². The van der Waals surface area contributed by atoms with Crippen LogP contribution in [0.15, 0.2) is 42.9 Å². The summed E-state index contributed by atoms with van der Waals surface area (Å²) in [5.74, 6) is -5.10. The molecule has 34 heavy (non-hydrogen) atoms. The van der Waals surface area contributed by atoms with Crippen LogP contribution in [0.25, 0.3) is 11.1 Å². The molecule has 180 valence electrons. The van der Waals surface area contributed by atoms with E-state index in [0.29, 0.717) is 40.0 Å². The molecule has 2 heterocycles. The summed E-state index contributed by atoms with van der Waals surface area (Å²) in [5.41, 5.74) is 9.40. The van der Waals surface area contributed by atoms with Crippen molar-refractivity contribution < 1.29 is 17.6 Å². The SMILES string of the molecule is CNc1c(-c2cnn(C3CCC(F)(F)C3)c2)cnc(N)c1C(=N)c1ccc(NSC(F)F)cc1. The van der Waals surface area contributed by atoms with E-state index >= 15 is 0 Å². The number of nitrogen functional groups attached to an aromatic ring is 1. The van der Waals surface area contributed by atoms with Crippen molar-refractivity contribution in [2.75, 3.05) is 22.8 Å². The summed E-state index contributed by atoms with van der Waals surface area (Å²) in [4.78, 5) is 4.25. The van der Waals surface area contributed by atoms with Crippen LogP contribution in [0.4, 0.5) is 34.8 Å². The van der Waals surface area contributed by atoms with Crippen LogP contribution in [0.5, 0.6) is 0 Å². The molecule has 7 nitrogen and oxygen atoms in total. The molecule has 1 fully saturated rings. The van der Waals surface area contributed by atoms with Crippen molar-refractivity contribution in [2.24, 2.45) is 0 Å². The zero-order valence-electron chi connectivity index (χ0n) is 18.2. The van der Waals surface area contributed by atoms with Gasteiger partial charge in [-0.25, -0.2) is 13.8 Å². The highest BCUT2D eigenvalue weighted by Crippen LogP contribution is 2.42. The van der Waals surface area contributed by atoms with Crippen LogP contribution in [0.3, 0.4) is 0 Å². The number of pyridine rings is 1. The third-order valence-electron chi connectivity index (χ3n) is 5.71. The van der Waals surface area contributed by atoms with Crippen LogP contribution in [-0.2, 0) is 0 Å². The van der Waals surface area contributed by atoms with E-state index in [4.69, 9.17) is 11.1 Å². The van der Waals surface area contributed by atoms with Gasteiger partial charge in [0, 0.05) is 66.6 Å². The minimum absolute atomic E-state index is 0.0899. The van der Waals surface area contributed by atoms with Crippen molar-refractivity contribution in [2.45, 2.75) is 37.0 Å². The van der Waals surface area contributed by atoms with E-state index in [1.54, 1.807) is 54.6 Å². The molecule has 12 heteroatoms. The lowest BCUT2D eigenvalue weighted by Crippen LogP contribution is -2.12. The minimum atomic E-state index is -2.68. The third-order valence-corrected chi connectivity index (χ3v) is 6.24. The lowest BCUT2D eigenvalue weighted by atomic mass is 9.97. The number of nitrogens with two attached hydrogens (primary N) is 1. The Balaban J connectivity index is 1.63. The van der Waals surface area contributed by atoms with Gasteiger partial charge in [-0.2, -0.15) is 13.9 Å². The number of aromatic nitrogens is 3. The maximum Gasteiger partial charge on any atom is 0.302 e. The number of halogens is 4. The fraction of sp³-hybridized carbons (Fsp3) is 0.318. The van der Waals surface area contributed by atoms with Crippen molar-refractivity contribution in [3.05, 3.63) is 54.0 Å². The van der Waals surface area contributed by atoms with Crippen molar-refractivity contribution >= 4 is 34.9 Å². The van der Waals surface area contributed by atoms with Crippen LogP contribution in [0.1, 0.15) is 36.4 Å². The summed E-state index contributed by atoms with van der Waals surface area (Å²) in [5, 5.41) is 16.1. The molecule has 4 rings (SSSR count). The van der Waals surface area contributed by atoms with Crippen LogP contribution in [0.2, 0.25) is 0 Å². The van der Waals surface area contributed by atoms with Gasteiger partial charge in [-0.05, 0) is 18.6 Å². The summed E-state index contributed by atoms with van der Waals surface area (Å²) in [6, 6.07) is 6.05. The van der Waals surface area contributed by atoms with Gasteiger partial charge in [0.15, 0.2) is 0 Å². The highest BCUT2D eigenvalue weighted by Gasteiger charge is 2.40. The molecule has 1 unspecified atom stereocenters. The van der Waals surface area contributed by atoms with Crippen LogP contribution >= 0.6 is 11.9 Å². The number of nitrogens with one attached hydrogen (secondary N) is 3. The smallest absolute Gasteiger partial charge is 0.302 e. The van der Waals surface area contributed by atoms with Gasteiger partial charge in [0.2, 0.25) is 5.92 Å². The Morgan fingerprint density at radius 2 is 2.00 bits per heavy atom. The Kier molecular flexibility index (Phi) is 6.69. The Morgan fingerprint density at radius 1 is 1.26 bits per heavy atom. The first-order valence-corrected chi connectivity index (χ1v) is 11.3. The van der Waals surface area contributed by atoms with Gasteiger partial charge in [0.25, 0.3) is 0 Å². The second-order valence-electron chi connectivity index (χ2n) is 7.95. The Hall–Kier alpha value is -3.28. The first kappa shape index (κ1) is 23.9. The maximum atomic E-state index is 13.6. The zero-order valence-corrected chi connectivity index (χ0v) is 19.0. The highest BCUT2D eigenvalue weighted by molar-refractivity contribution is 8.00. The minimum Gasteiger partial charge on any atom is -0.387 e. The van der Waals surface area contributed by atoms with Crippen molar-refractivity contribution in [3.8, 4) is 11.1 Å². The number of hydrogen-bond donors (Lipinski definition) is 4. The first-order chi connectivity index (χ1) is 16.2. The number of alkyl halides is 4. The summed E-state index contributed by atoms with van der Waals surface area (Å²) in [7, 11) is 1.69. The zero-order chi connectivity index (χ0) is 24.5. The predicted octanol–water partition coefficient (Wildman–Crippen LogP) is 5.63. The fourth-order valence-electron chi connectivity index (χ4n) is 4.05. The molecule has 5 N–H and O–H groups in total. The molecule has 0 saturated heterocycles. The molecule has 3 aromatic rings. The Labute approximate surface area is 197 Å². The number of anilines is 3. The topological polar surface area (TPSA) is 105 Å². The summed E-state index contributed by atoms with van der Waals surface area (Å²) in [6.07, 6.45) is 4.78. The predicted molar refractivity (Wildman–Crippen MR) is 127 cm³/mol. The molecule has 1 aromatic carbocycles. The molecule has 0 radical (unpaired) electrons. The Morgan fingerprint density at radius 3 is 2.62 bits per heavy atom. The number of nitrogens with zero attached hydrogens (tertiary/aromatic N) is 3. The fourth-order valence-corrected chi connectivity index (χ4v) is 4.41. The third kappa shape index (κ3) is 4.96. The largest absolute Gasteiger partial charge is 0.387 e. The number of benzene rings is 1. The lowest BCUT2D eigenvalue weighted by molar-refractivity contribution is 0.00518. The van der Waals surface area contributed by atoms with Crippen molar-refractivity contribution in [3.63, 3.8) is 0 Å². The lowest BCUT2D eigenvalue weighted by Gasteiger charge is -2.17. The van der Waals surface area contributed by atoms with E-state index in [1.807, 2.05) is 0 Å². The van der Waals surface area contributed by atoms with E-state index in [2.05, 4.69) is 20.1 Å². The van der Waals surface area contributed by atoms with Crippen LogP contribution in [-0.4, -0.2) is 39.2 Å². The molecule has 0 bridgehead atoms. The summed E-state index contributed by atoms with van der Waals surface area (Å²) in [6.45, 7) is 0. The molecule has 2 aromatic heterocycles. The average molecular weight is 494 g/mol. The molecule has 1 saturated carbocycles. The molecular formula is C22H23F4N7S. The number of hydrogen-bond acceptors (Lipinski definition) is 7. The van der Waals surface area contributed by atoms with Gasteiger partial charge in [0.05, 0.1) is 29.2 Å². The van der Waals surface area contributed by atoms with E-state index < -0.39 is 11.7 Å². The molecule has 0 spiro atoms. The van der Waals surface area contributed by atoms with Crippen LogP contribution in [0, 0.1) is 5.41 Å². The van der Waals surface area contributed by atoms with Gasteiger partial charge in [-0.3, -0.25) is 10.1 Å². The normalized spacial score (nSPS) is 17.2. The average Bonchev–Trinajstić information content (AvgIpc) is 3.43. The van der Waals surface area contributed by atoms with E-state index in [9.17, 15) is 17.6 Å². The first-order valence-electron chi connectivity index (χ1n) is 10.5. The monoisotopic (exact) mass is 493 g/mol. The molecular weight excluding hydrogens is 470 g/mol.